The maximum Gasteiger partial charge on any atom is 0.119 e. The number of hydrogen-bond acceptors (Lipinski definition) is 1. The smallest absolute Gasteiger partial charge is 0.119 e. The number of halogens is 1. The van der Waals surface area contributed by atoms with E-state index in [1.165, 1.54) is 12.0 Å². The number of rotatable bonds is 6. The lowest BCUT2D eigenvalue weighted by Gasteiger charge is -2.06. The van der Waals surface area contributed by atoms with Crippen LogP contribution in [0.4, 0.5) is 0 Å². The highest BCUT2D eigenvalue weighted by Crippen LogP contribution is 2.14. The largest absolute Gasteiger partial charge is 0.494 e. The molecule has 78 valence electrons. The van der Waals surface area contributed by atoms with Gasteiger partial charge in [0.05, 0.1) is 6.61 Å². The second-order valence-electron chi connectivity index (χ2n) is 3.25. The van der Waals surface area contributed by atoms with Crippen molar-refractivity contribution in [1.82, 2.24) is 0 Å². The molecule has 0 aliphatic heterocycles. The van der Waals surface area contributed by atoms with Gasteiger partial charge in [-0.3, -0.25) is 0 Å². The Morgan fingerprint density at radius 3 is 2.86 bits per heavy atom. The fourth-order valence-corrected chi connectivity index (χ4v) is 1.64. The fraction of sp³-hybridized carbons (Fsp3) is 0.500. The second kappa shape index (κ2) is 6.88. The van der Waals surface area contributed by atoms with E-state index in [2.05, 4.69) is 41.1 Å². The van der Waals surface area contributed by atoms with Gasteiger partial charge in [-0.05, 0) is 37.0 Å². The standard InChI is InChI=1S/C12H17BrO/c1-2-11-6-5-7-12(10-11)14-9-4-3-8-13/h5-7,10H,2-4,8-9H2,1H3. The second-order valence-corrected chi connectivity index (χ2v) is 4.04. The maximum atomic E-state index is 5.63. The Kier molecular flexibility index (Phi) is 5.69. The van der Waals surface area contributed by atoms with Crippen LogP contribution in [0.15, 0.2) is 24.3 Å². The molecule has 0 fully saturated rings. The maximum absolute atomic E-state index is 5.63. The molecular formula is C12H17BrO. The molecule has 1 rings (SSSR count). The van der Waals surface area contributed by atoms with Gasteiger partial charge in [0.15, 0.2) is 0 Å². The summed E-state index contributed by atoms with van der Waals surface area (Å²) in [7, 11) is 0. The molecule has 14 heavy (non-hydrogen) atoms. The van der Waals surface area contributed by atoms with Crippen molar-refractivity contribution >= 4 is 15.9 Å². The molecule has 2 heteroatoms. The predicted molar refractivity (Wildman–Crippen MR) is 64.3 cm³/mol. The summed E-state index contributed by atoms with van der Waals surface area (Å²) in [6.07, 6.45) is 3.35. The molecule has 0 unspecified atom stereocenters. The van der Waals surface area contributed by atoms with E-state index in [0.29, 0.717) is 0 Å². The zero-order chi connectivity index (χ0) is 10.2. The highest BCUT2D eigenvalue weighted by Gasteiger charge is 1.94. The molecule has 0 aromatic heterocycles. The summed E-state index contributed by atoms with van der Waals surface area (Å²) in [5.74, 6) is 0.999. The van der Waals surface area contributed by atoms with Gasteiger partial charge in [0.2, 0.25) is 0 Å². The van der Waals surface area contributed by atoms with Crippen molar-refractivity contribution in [3.8, 4) is 5.75 Å². The molecule has 0 atom stereocenters. The topological polar surface area (TPSA) is 9.23 Å². The Labute approximate surface area is 94.6 Å². The molecule has 0 saturated heterocycles. The summed E-state index contributed by atoms with van der Waals surface area (Å²) in [6.45, 7) is 2.97. The SMILES string of the molecule is CCc1cccc(OCCCCBr)c1. The Bertz CT molecular complexity index is 260. The molecule has 1 aromatic carbocycles. The number of unbranched alkanes of at least 4 members (excludes halogenated alkanes) is 1. The number of hydrogen-bond donors (Lipinski definition) is 0. The Morgan fingerprint density at radius 1 is 1.29 bits per heavy atom. The highest BCUT2D eigenvalue weighted by atomic mass is 79.9. The zero-order valence-corrected chi connectivity index (χ0v) is 10.2. The van der Waals surface area contributed by atoms with Crippen molar-refractivity contribution in [2.75, 3.05) is 11.9 Å². The van der Waals surface area contributed by atoms with Crippen molar-refractivity contribution in [3.63, 3.8) is 0 Å². The van der Waals surface area contributed by atoms with Crippen LogP contribution >= 0.6 is 15.9 Å². The highest BCUT2D eigenvalue weighted by molar-refractivity contribution is 9.09. The third kappa shape index (κ3) is 4.14. The van der Waals surface area contributed by atoms with E-state index < -0.39 is 0 Å². The van der Waals surface area contributed by atoms with E-state index in [1.54, 1.807) is 0 Å². The summed E-state index contributed by atoms with van der Waals surface area (Å²) in [4.78, 5) is 0. The van der Waals surface area contributed by atoms with Crippen molar-refractivity contribution in [2.45, 2.75) is 26.2 Å². The molecule has 0 N–H and O–H groups in total. The first-order valence-electron chi connectivity index (χ1n) is 5.14. The molecule has 0 bridgehead atoms. The first kappa shape index (κ1) is 11.6. The van der Waals surface area contributed by atoms with E-state index in [9.17, 15) is 0 Å². The molecule has 0 saturated carbocycles. The minimum atomic E-state index is 0.818. The van der Waals surface area contributed by atoms with Crippen LogP contribution in [0.3, 0.4) is 0 Å². The number of benzene rings is 1. The van der Waals surface area contributed by atoms with Gasteiger partial charge >= 0.3 is 0 Å². The molecule has 1 aromatic rings. The van der Waals surface area contributed by atoms with Crippen LogP contribution in [-0.4, -0.2) is 11.9 Å². The molecule has 0 spiro atoms. The van der Waals surface area contributed by atoms with Crippen LogP contribution in [0.1, 0.15) is 25.3 Å². The first-order valence-corrected chi connectivity index (χ1v) is 6.26. The van der Waals surface area contributed by atoms with Gasteiger partial charge in [-0.25, -0.2) is 0 Å². The van der Waals surface area contributed by atoms with E-state index in [-0.39, 0.29) is 0 Å². The molecule has 0 aliphatic carbocycles. The normalized spacial score (nSPS) is 10.1. The van der Waals surface area contributed by atoms with E-state index >= 15 is 0 Å². The molecular weight excluding hydrogens is 240 g/mol. The minimum absolute atomic E-state index is 0.818. The van der Waals surface area contributed by atoms with Crippen LogP contribution in [0.2, 0.25) is 0 Å². The summed E-state index contributed by atoms with van der Waals surface area (Å²) < 4.78 is 5.63. The predicted octanol–water partition coefficient (Wildman–Crippen LogP) is 3.80. The summed E-state index contributed by atoms with van der Waals surface area (Å²) in [5.41, 5.74) is 1.34. The van der Waals surface area contributed by atoms with Crippen molar-refractivity contribution in [1.29, 1.82) is 0 Å². The monoisotopic (exact) mass is 256 g/mol. The molecule has 0 radical (unpaired) electrons. The minimum Gasteiger partial charge on any atom is -0.494 e. The van der Waals surface area contributed by atoms with Crippen LogP contribution in [0.25, 0.3) is 0 Å². The van der Waals surface area contributed by atoms with Crippen LogP contribution in [0.5, 0.6) is 5.75 Å². The van der Waals surface area contributed by atoms with Gasteiger partial charge in [-0.15, -0.1) is 0 Å². The Hall–Kier alpha value is -0.500. The molecule has 1 nitrogen and oxygen atoms in total. The molecule has 0 amide bonds. The molecule has 0 aliphatic rings. The van der Waals surface area contributed by atoms with Gasteiger partial charge in [-0.1, -0.05) is 35.0 Å². The van der Waals surface area contributed by atoms with Crippen molar-refractivity contribution < 1.29 is 4.74 Å². The Morgan fingerprint density at radius 2 is 2.14 bits per heavy atom. The van der Waals surface area contributed by atoms with Crippen LogP contribution in [-0.2, 0) is 6.42 Å². The van der Waals surface area contributed by atoms with Crippen molar-refractivity contribution in [2.24, 2.45) is 0 Å². The van der Waals surface area contributed by atoms with Gasteiger partial charge < -0.3 is 4.74 Å². The van der Waals surface area contributed by atoms with Gasteiger partial charge in [0, 0.05) is 5.33 Å². The third-order valence-electron chi connectivity index (χ3n) is 2.10. The van der Waals surface area contributed by atoms with E-state index in [4.69, 9.17) is 4.74 Å². The summed E-state index contributed by atoms with van der Waals surface area (Å²) >= 11 is 3.40. The number of aryl methyl sites for hydroxylation is 1. The van der Waals surface area contributed by atoms with Gasteiger partial charge in [-0.2, -0.15) is 0 Å². The van der Waals surface area contributed by atoms with Gasteiger partial charge in [0.1, 0.15) is 5.75 Å². The quantitative estimate of drug-likeness (QED) is 0.556. The lowest BCUT2D eigenvalue weighted by Crippen LogP contribution is -1.97. The Balaban J connectivity index is 2.34. The van der Waals surface area contributed by atoms with Crippen molar-refractivity contribution in [3.05, 3.63) is 29.8 Å². The summed E-state index contributed by atoms with van der Waals surface area (Å²) in [6, 6.07) is 8.32. The van der Waals surface area contributed by atoms with Gasteiger partial charge in [0.25, 0.3) is 0 Å². The zero-order valence-electron chi connectivity index (χ0n) is 8.63. The number of ether oxygens (including phenoxy) is 1. The molecule has 0 heterocycles. The average Bonchev–Trinajstić information content (AvgIpc) is 2.25. The first-order chi connectivity index (χ1) is 6.86. The lowest BCUT2D eigenvalue weighted by atomic mass is 10.2. The van der Waals surface area contributed by atoms with E-state index in [1.807, 2.05) is 6.07 Å². The van der Waals surface area contributed by atoms with E-state index in [0.717, 1.165) is 30.5 Å². The van der Waals surface area contributed by atoms with Crippen LogP contribution < -0.4 is 4.74 Å². The third-order valence-corrected chi connectivity index (χ3v) is 2.66. The van der Waals surface area contributed by atoms with Crippen LogP contribution in [0, 0.1) is 0 Å². The summed E-state index contributed by atoms with van der Waals surface area (Å²) in [5, 5.41) is 1.06. The average molecular weight is 257 g/mol. The number of alkyl halides is 1. The fourth-order valence-electron chi connectivity index (χ4n) is 1.24. The lowest BCUT2D eigenvalue weighted by molar-refractivity contribution is 0.309.